The van der Waals surface area contributed by atoms with E-state index in [9.17, 15) is 30.2 Å². The van der Waals surface area contributed by atoms with Crippen LogP contribution in [0.1, 0.15) is 126 Å². The van der Waals surface area contributed by atoms with E-state index in [0.717, 1.165) is 19.3 Å². The fraction of sp³-hybridized carbons (Fsp3) is 0.667. The van der Waals surface area contributed by atoms with Crippen LogP contribution >= 0.6 is 7.82 Å². The summed E-state index contributed by atoms with van der Waals surface area (Å²) in [6, 6.07) is 12.0. The molecular formula is C42H63N6O10P. The summed E-state index contributed by atoms with van der Waals surface area (Å²) in [4.78, 5) is 14.5. The van der Waals surface area contributed by atoms with Crippen molar-refractivity contribution in [3.05, 3.63) is 53.5 Å². The minimum absolute atomic E-state index is 0.0485. The van der Waals surface area contributed by atoms with Gasteiger partial charge in [0.2, 0.25) is 5.60 Å². The predicted octanol–water partition coefficient (Wildman–Crippen LogP) is 7.03. The molecule has 1 aliphatic rings. The van der Waals surface area contributed by atoms with E-state index in [1.807, 2.05) is 6.07 Å². The van der Waals surface area contributed by atoms with Gasteiger partial charge in [0.05, 0.1) is 44.8 Å². The highest BCUT2D eigenvalue weighted by atomic mass is 31.2. The summed E-state index contributed by atoms with van der Waals surface area (Å²) in [5.74, 6) is 0.544. The number of methoxy groups -OCH3 is 1. The highest BCUT2D eigenvalue weighted by molar-refractivity contribution is 7.47. The molecule has 16 nitrogen and oxygen atoms in total. The van der Waals surface area contributed by atoms with Crippen molar-refractivity contribution < 1.29 is 47.7 Å². The average Bonchev–Trinajstić information content (AvgIpc) is 3.79. The molecule has 6 atom stereocenters. The number of benzene rings is 1. The van der Waals surface area contributed by atoms with Gasteiger partial charge in [-0.15, -0.1) is 0 Å². The number of fused-ring (bicyclic) bond motifs is 1. The van der Waals surface area contributed by atoms with Gasteiger partial charge >= 0.3 is 7.82 Å². The van der Waals surface area contributed by atoms with Crippen molar-refractivity contribution in [2.24, 2.45) is 0 Å². The van der Waals surface area contributed by atoms with E-state index in [0.29, 0.717) is 29.0 Å². The second-order valence-electron chi connectivity index (χ2n) is 15.1. The summed E-state index contributed by atoms with van der Waals surface area (Å²) < 4.78 is 47.8. The Morgan fingerprint density at radius 2 is 1.58 bits per heavy atom. The molecule has 0 amide bonds. The maximum atomic E-state index is 13.1. The summed E-state index contributed by atoms with van der Waals surface area (Å²) >= 11 is 0. The number of aliphatic hydroxyl groups is 2. The van der Waals surface area contributed by atoms with Crippen LogP contribution in [0, 0.1) is 22.7 Å². The Kier molecular flexibility index (Phi) is 20.5. The molecule has 2 aromatic heterocycles. The third-order valence-electron chi connectivity index (χ3n) is 10.6. The number of nitrogens with zero attached hydrogens (tertiary/aromatic N) is 5. The van der Waals surface area contributed by atoms with Gasteiger partial charge in [-0.2, -0.15) is 15.6 Å². The molecule has 1 aliphatic heterocycles. The number of phosphoric ester groups is 1. The molecule has 0 spiro atoms. The molecule has 0 radical (unpaired) electrons. The van der Waals surface area contributed by atoms with Gasteiger partial charge in [0.25, 0.3) is 0 Å². The minimum atomic E-state index is -4.79. The molecule has 59 heavy (non-hydrogen) atoms. The topological polar surface area (TPSA) is 237 Å². The van der Waals surface area contributed by atoms with Crippen LogP contribution in [0.4, 0.5) is 5.82 Å². The fourth-order valence-electron chi connectivity index (χ4n) is 7.19. The van der Waals surface area contributed by atoms with Gasteiger partial charge in [0, 0.05) is 6.61 Å². The van der Waals surface area contributed by atoms with Crippen LogP contribution in [0.2, 0.25) is 0 Å². The number of aromatic nitrogens is 3. The molecule has 4 rings (SSSR count). The van der Waals surface area contributed by atoms with Gasteiger partial charge in [-0.3, -0.25) is 9.05 Å². The van der Waals surface area contributed by atoms with Crippen molar-refractivity contribution in [1.82, 2.24) is 14.6 Å². The van der Waals surface area contributed by atoms with Crippen LogP contribution in [-0.4, -0.2) is 87.7 Å². The standard InChI is InChI=1S/C42H63N6O10P/c1-3-4-5-6-7-8-9-10-11-12-13-14-15-16-17-18-23-54-27-34(55-26-32-19-21-36(53-2)33(24-32)25-43)28-56-59(51,52)57-29-37-39(49)40(50)42(30-44,58-37)38-22-20-35-41(45)46-31-47-48(35)38/h19-22,24,31,34,37,39-40,49-50H,3-18,23,26-29H2,1-2H3,(H,51,52)(H2,45,46,47)/t34-,37?,39-,40-,42+/m1/s1. The van der Waals surface area contributed by atoms with Gasteiger partial charge in [-0.05, 0) is 36.2 Å². The Morgan fingerprint density at radius 1 is 0.932 bits per heavy atom. The van der Waals surface area contributed by atoms with Crippen molar-refractivity contribution in [1.29, 1.82) is 10.5 Å². The van der Waals surface area contributed by atoms with E-state index in [2.05, 4.69) is 23.1 Å². The first-order valence-electron chi connectivity index (χ1n) is 21.0. The number of aliphatic hydroxyl groups excluding tert-OH is 2. The number of anilines is 1. The monoisotopic (exact) mass is 842 g/mol. The van der Waals surface area contributed by atoms with E-state index >= 15 is 0 Å². The molecule has 5 N–H and O–H groups in total. The molecule has 326 valence electrons. The average molecular weight is 843 g/mol. The van der Waals surface area contributed by atoms with Crippen molar-refractivity contribution >= 4 is 19.2 Å². The Labute approximate surface area is 348 Å². The van der Waals surface area contributed by atoms with Gasteiger partial charge in [-0.25, -0.2) is 14.1 Å². The molecule has 1 fully saturated rings. The van der Waals surface area contributed by atoms with Gasteiger partial charge in [-0.1, -0.05) is 109 Å². The molecule has 2 unspecified atom stereocenters. The van der Waals surface area contributed by atoms with Crippen LogP contribution in [-0.2, 0) is 40.0 Å². The summed E-state index contributed by atoms with van der Waals surface area (Å²) in [5.41, 5.74) is 5.22. The third-order valence-corrected chi connectivity index (χ3v) is 11.6. The molecule has 3 aromatic rings. The first kappa shape index (κ1) is 48.0. The zero-order valence-corrected chi connectivity index (χ0v) is 35.5. The summed E-state index contributed by atoms with van der Waals surface area (Å²) in [6.07, 6.45) is 15.8. The highest BCUT2D eigenvalue weighted by Crippen LogP contribution is 2.46. The zero-order valence-electron chi connectivity index (χ0n) is 34.6. The second-order valence-corrected chi connectivity index (χ2v) is 16.6. The normalized spacial score (nSPS) is 20.6. The number of ether oxygens (including phenoxy) is 4. The number of nitriles is 2. The Bertz CT molecular complexity index is 1840. The first-order valence-corrected chi connectivity index (χ1v) is 22.5. The van der Waals surface area contributed by atoms with E-state index in [1.54, 1.807) is 18.2 Å². The summed E-state index contributed by atoms with van der Waals surface area (Å²) in [5, 5.41) is 45.6. The molecule has 0 bridgehead atoms. The molecule has 17 heteroatoms. The van der Waals surface area contributed by atoms with E-state index < -0.39 is 51.1 Å². The number of unbranched alkanes of at least 4 members (excludes halogenated alkanes) is 15. The van der Waals surface area contributed by atoms with Gasteiger partial charge < -0.3 is 39.8 Å². The zero-order chi connectivity index (χ0) is 42.5. The molecule has 1 aromatic carbocycles. The van der Waals surface area contributed by atoms with E-state index in [-0.39, 0.29) is 24.7 Å². The molecule has 0 saturated carbocycles. The van der Waals surface area contributed by atoms with Crippen molar-refractivity contribution in [3.8, 4) is 17.9 Å². The number of nitrogens with two attached hydrogens (primary N) is 1. The van der Waals surface area contributed by atoms with Crippen LogP contribution in [0.5, 0.6) is 5.75 Å². The van der Waals surface area contributed by atoms with Gasteiger partial charge in [0.1, 0.15) is 54.1 Å². The SMILES string of the molecule is CCCCCCCCCCCCCCCCCCOC[C@H](COP(=O)(O)OCC1O[C@@](C#N)(c2ccc3c(N)ncnn23)[C@H](O)[C@@H]1O)OCc1ccc(OC)c(C#N)c1. The van der Waals surface area contributed by atoms with E-state index in [1.165, 1.54) is 114 Å². The lowest BCUT2D eigenvalue weighted by atomic mass is 9.92. The Balaban J connectivity index is 1.21. The number of phosphoric acid groups is 1. The molecule has 3 heterocycles. The van der Waals surface area contributed by atoms with Crippen molar-refractivity contribution in [2.45, 2.75) is 146 Å². The Hall–Kier alpha value is -3.67. The van der Waals surface area contributed by atoms with Gasteiger partial charge in [0.15, 0.2) is 5.82 Å². The maximum Gasteiger partial charge on any atom is 0.472 e. The number of nitrogen functional groups attached to an aromatic ring is 1. The number of hydrogen-bond donors (Lipinski definition) is 4. The van der Waals surface area contributed by atoms with Crippen molar-refractivity contribution in [2.75, 3.05) is 39.3 Å². The molecule has 0 aliphatic carbocycles. The second kappa shape index (κ2) is 25.2. The fourth-order valence-corrected chi connectivity index (χ4v) is 7.95. The lowest BCUT2D eigenvalue weighted by Crippen LogP contribution is -2.41. The Morgan fingerprint density at radius 3 is 2.19 bits per heavy atom. The first-order chi connectivity index (χ1) is 28.6. The van der Waals surface area contributed by atoms with Crippen LogP contribution in [0.15, 0.2) is 36.7 Å². The third kappa shape index (κ3) is 14.5. The quantitative estimate of drug-likeness (QED) is 0.0389. The highest BCUT2D eigenvalue weighted by Gasteiger charge is 2.58. The lowest BCUT2D eigenvalue weighted by molar-refractivity contribution is -0.0690. The smallest absolute Gasteiger partial charge is 0.472 e. The molecular weight excluding hydrogens is 779 g/mol. The van der Waals surface area contributed by atoms with Crippen LogP contribution in [0.3, 0.4) is 0 Å². The van der Waals surface area contributed by atoms with Crippen molar-refractivity contribution in [3.63, 3.8) is 0 Å². The van der Waals surface area contributed by atoms with E-state index in [4.69, 9.17) is 33.7 Å². The summed E-state index contributed by atoms with van der Waals surface area (Å²) in [6.45, 7) is 1.73. The van der Waals surface area contributed by atoms with Crippen LogP contribution < -0.4 is 10.5 Å². The van der Waals surface area contributed by atoms with Crippen LogP contribution in [0.25, 0.3) is 5.52 Å². The summed E-state index contributed by atoms with van der Waals surface area (Å²) in [7, 11) is -3.32. The molecule has 1 saturated heterocycles. The minimum Gasteiger partial charge on any atom is -0.495 e. The predicted molar refractivity (Wildman–Crippen MR) is 220 cm³/mol. The number of hydrogen-bond acceptors (Lipinski definition) is 14. The largest absolute Gasteiger partial charge is 0.495 e. The number of rotatable bonds is 30. The maximum absolute atomic E-state index is 13.1. The lowest BCUT2D eigenvalue weighted by Gasteiger charge is -2.24.